The van der Waals surface area contributed by atoms with Crippen molar-refractivity contribution >= 4 is 5.91 Å². The molecule has 1 aliphatic carbocycles. The van der Waals surface area contributed by atoms with Crippen molar-refractivity contribution in [1.82, 2.24) is 5.32 Å². The minimum absolute atomic E-state index is 0.268. The lowest BCUT2D eigenvalue weighted by atomic mass is 9.96. The highest BCUT2D eigenvalue weighted by Crippen LogP contribution is 2.25. The number of aliphatic hydroxyl groups excluding tert-OH is 1. The first-order chi connectivity index (χ1) is 8.39. The van der Waals surface area contributed by atoms with Gasteiger partial charge in [0.2, 0.25) is 5.91 Å². The number of aliphatic hydroxyl groups is 1. The van der Waals surface area contributed by atoms with Crippen molar-refractivity contribution in [3.05, 3.63) is 0 Å². The fraction of sp³-hybridized carbons (Fsp3) is 0.917. The summed E-state index contributed by atoms with van der Waals surface area (Å²) in [5.41, 5.74) is 0. The van der Waals surface area contributed by atoms with Crippen molar-refractivity contribution < 1.29 is 23.1 Å². The molecule has 0 saturated heterocycles. The highest BCUT2D eigenvalue weighted by atomic mass is 19.4. The Kier molecular flexibility index (Phi) is 5.91. The van der Waals surface area contributed by atoms with Crippen molar-refractivity contribution in [3.63, 3.8) is 0 Å². The molecule has 0 radical (unpaired) electrons. The Balaban J connectivity index is 2.24. The SMILES string of the molecule is O=C(CC1CCCCCC1)NCC(O)C(F)(F)F. The smallest absolute Gasteiger partial charge is 0.382 e. The van der Waals surface area contributed by atoms with Crippen LogP contribution in [0.3, 0.4) is 0 Å². The minimum atomic E-state index is -4.67. The number of amides is 1. The van der Waals surface area contributed by atoms with Crippen LogP contribution in [0.15, 0.2) is 0 Å². The standard InChI is InChI=1S/C12H20F3NO2/c13-12(14,15)10(17)8-16-11(18)7-9-5-3-1-2-4-6-9/h9-10,17H,1-8H2,(H,16,18). The van der Waals surface area contributed by atoms with E-state index in [2.05, 4.69) is 5.32 Å². The number of rotatable bonds is 4. The fourth-order valence-electron chi connectivity index (χ4n) is 2.23. The molecule has 6 heteroatoms. The highest BCUT2D eigenvalue weighted by molar-refractivity contribution is 5.76. The molecule has 1 aliphatic rings. The zero-order valence-electron chi connectivity index (χ0n) is 10.3. The number of hydrogen-bond donors (Lipinski definition) is 2. The molecule has 1 rings (SSSR count). The number of nitrogens with one attached hydrogen (secondary N) is 1. The molecule has 0 aromatic carbocycles. The second kappa shape index (κ2) is 6.97. The monoisotopic (exact) mass is 267 g/mol. The average molecular weight is 267 g/mol. The first-order valence-electron chi connectivity index (χ1n) is 6.41. The van der Waals surface area contributed by atoms with E-state index in [0.717, 1.165) is 25.7 Å². The molecule has 0 heterocycles. The van der Waals surface area contributed by atoms with Crippen LogP contribution >= 0.6 is 0 Å². The third kappa shape index (κ3) is 5.71. The lowest BCUT2D eigenvalue weighted by Crippen LogP contribution is -2.41. The minimum Gasteiger partial charge on any atom is -0.382 e. The largest absolute Gasteiger partial charge is 0.416 e. The fourth-order valence-corrected chi connectivity index (χ4v) is 2.23. The molecule has 1 saturated carbocycles. The Hall–Kier alpha value is -0.780. The van der Waals surface area contributed by atoms with Gasteiger partial charge in [-0.15, -0.1) is 0 Å². The number of carbonyl (C=O) groups excluding carboxylic acids is 1. The summed E-state index contributed by atoms with van der Waals surface area (Å²) in [7, 11) is 0. The maximum Gasteiger partial charge on any atom is 0.416 e. The molecule has 0 spiro atoms. The molecule has 1 atom stereocenters. The molecule has 1 unspecified atom stereocenters. The average Bonchev–Trinajstić information content (AvgIpc) is 2.53. The Morgan fingerprint density at radius 2 is 1.78 bits per heavy atom. The summed E-state index contributed by atoms with van der Waals surface area (Å²) in [6.45, 7) is -0.755. The van der Waals surface area contributed by atoms with E-state index in [-0.39, 0.29) is 12.3 Å². The van der Waals surface area contributed by atoms with Crippen molar-refractivity contribution in [2.24, 2.45) is 5.92 Å². The Morgan fingerprint density at radius 1 is 1.22 bits per heavy atom. The molecule has 1 amide bonds. The van der Waals surface area contributed by atoms with Crippen LogP contribution in [0.4, 0.5) is 13.2 Å². The Bertz CT molecular complexity index is 261. The van der Waals surface area contributed by atoms with Crippen LogP contribution in [-0.2, 0) is 4.79 Å². The normalized spacial score (nSPS) is 20.2. The molecule has 2 N–H and O–H groups in total. The van der Waals surface area contributed by atoms with E-state index in [1.807, 2.05) is 0 Å². The maximum atomic E-state index is 12.0. The van der Waals surface area contributed by atoms with Gasteiger partial charge in [0.05, 0.1) is 6.54 Å². The van der Waals surface area contributed by atoms with Gasteiger partial charge in [-0.05, 0) is 18.8 Å². The maximum absolute atomic E-state index is 12.0. The van der Waals surface area contributed by atoms with E-state index in [1.165, 1.54) is 12.8 Å². The third-order valence-corrected chi connectivity index (χ3v) is 3.32. The number of hydrogen-bond acceptors (Lipinski definition) is 2. The van der Waals surface area contributed by atoms with Crippen LogP contribution in [0.1, 0.15) is 44.9 Å². The van der Waals surface area contributed by atoms with E-state index >= 15 is 0 Å². The van der Waals surface area contributed by atoms with Gasteiger partial charge < -0.3 is 10.4 Å². The summed E-state index contributed by atoms with van der Waals surface area (Å²) in [6, 6.07) is 0. The van der Waals surface area contributed by atoms with Crippen LogP contribution in [-0.4, -0.2) is 29.8 Å². The highest BCUT2D eigenvalue weighted by Gasteiger charge is 2.38. The zero-order valence-corrected chi connectivity index (χ0v) is 10.3. The first-order valence-corrected chi connectivity index (χ1v) is 6.41. The van der Waals surface area contributed by atoms with Crippen LogP contribution in [0.2, 0.25) is 0 Å². The summed E-state index contributed by atoms with van der Waals surface area (Å²) in [5.74, 6) is -0.124. The lowest BCUT2D eigenvalue weighted by molar-refractivity contribution is -0.201. The molecule has 18 heavy (non-hydrogen) atoms. The van der Waals surface area contributed by atoms with Gasteiger partial charge in [-0.3, -0.25) is 4.79 Å². The van der Waals surface area contributed by atoms with E-state index in [0.29, 0.717) is 0 Å². The summed E-state index contributed by atoms with van der Waals surface area (Å²) in [4.78, 5) is 11.5. The van der Waals surface area contributed by atoms with Crippen LogP contribution in [0, 0.1) is 5.92 Å². The van der Waals surface area contributed by atoms with Crippen LogP contribution < -0.4 is 5.32 Å². The van der Waals surface area contributed by atoms with Crippen LogP contribution in [0.5, 0.6) is 0 Å². The molecule has 106 valence electrons. The molecule has 3 nitrogen and oxygen atoms in total. The first kappa shape index (κ1) is 15.3. The number of carbonyl (C=O) groups is 1. The second-order valence-corrected chi connectivity index (χ2v) is 4.92. The van der Waals surface area contributed by atoms with Crippen molar-refractivity contribution in [2.75, 3.05) is 6.54 Å². The molecule has 0 bridgehead atoms. The van der Waals surface area contributed by atoms with Crippen molar-refractivity contribution in [2.45, 2.75) is 57.2 Å². The summed E-state index contributed by atoms with van der Waals surface area (Å²) >= 11 is 0. The van der Waals surface area contributed by atoms with Gasteiger partial charge >= 0.3 is 6.18 Å². The Labute approximate surface area is 105 Å². The summed E-state index contributed by atoms with van der Waals surface area (Å²) in [6.07, 6.45) is -0.428. The van der Waals surface area contributed by atoms with E-state index in [1.54, 1.807) is 0 Å². The predicted molar refractivity (Wildman–Crippen MR) is 60.9 cm³/mol. The Morgan fingerprint density at radius 3 is 2.28 bits per heavy atom. The van der Waals surface area contributed by atoms with Crippen molar-refractivity contribution in [3.8, 4) is 0 Å². The summed E-state index contributed by atoms with van der Waals surface area (Å²) in [5, 5.41) is 10.9. The van der Waals surface area contributed by atoms with Gasteiger partial charge in [0.15, 0.2) is 6.10 Å². The van der Waals surface area contributed by atoms with E-state index in [4.69, 9.17) is 5.11 Å². The molecule has 0 aliphatic heterocycles. The number of halogens is 3. The quantitative estimate of drug-likeness (QED) is 0.768. The van der Waals surface area contributed by atoms with Gasteiger partial charge in [-0.25, -0.2) is 0 Å². The zero-order chi connectivity index (χ0) is 13.6. The molecular formula is C12H20F3NO2. The lowest BCUT2D eigenvalue weighted by Gasteiger charge is -2.17. The number of alkyl halides is 3. The van der Waals surface area contributed by atoms with Gasteiger partial charge in [-0.2, -0.15) is 13.2 Å². The molecule has 0 aromatic heterocycles. The molecular weight excluding hydrogens is 247 g/mol. The van der Waals surface area contributed by atoms with E-state index < -0.39 is 24.7 Å². The van der Waals surface area contributed by atoms with Gasteiger partial charge in [0.1, 0.15) is 0 Å². The third-order valence-electron chi connectivity index (χ3n) is 3.32. The van der Waals surface area contributed by atoms with Crippen LogP contribution in [0.25, 0.3) is 0 Å². The molecule has 1 fully saturated rings. The second-order valence-electron chi connectivity index (χ2n) is 4.92. The topological polar surface area (TPSA) is 49.3 Å². The van der Waals surface area contributed by atoms with Gasteiger partial charge in [0, 0.05) is 6.42 Å². The van der Waals surface area contributed by atoms with Crippen molar-refractivity contribution in [1.29, 1.82) is 0 Å². The molecule has 0 aromatic rings. The summed E-state index contributed by atoms with van der Waals surface area (Å²) < 4.78 is 36.0. The van der Waals surface area contributed by atoms with Gasteiger partial charge in [0.25, 0.3) is 0 Å². The van der Waals surface area contributed by atoms with Gasteiger partial charge in [-0.1, -0.05) is 25.7 Å². The predicted octanol–water partition coefficient (Wildman–Crippen LogP) is 2.39. The van der Waals surface area contributed by atoms with E-state index in [9.17, 15) is 18.0 Å².